The van der Waals surface area contributed by atoms with Crippen molar-refractivity contribution in [3.05, 3.63) is 0 Å². The summed E-state index contributed by atoms with van der Waals surface area (Å²) in [5.41, 5.74) is -0.226. The molecule has 1 atom stereocenters. The topological polar surface area (TPSA) is 61.8 Å². The van der Waals surface area contributed by atoms with Crippen molar-refractivity contribution in [2.75, 3.05) is 39.9 Å². The highest BCUT2D eigenvalue weighted by Crippen LogP contribution is 2.45. The summed E-state index contributed by atoms with van der Waals surface area (Å²) < 4.78 is 5.11. The van der Waals surface area contributed by atoms with Gasteiger partial charge < -0.3 is 20.1 Å². The first-order valence-electron chi connectivity index (χ1n) is 7.34. The molecule has 0 bridgehead atoms. The molecule has 2 N–H and O–H groups in total. The van der Waals surface area contributed by atoms with E-state index in [1.165, 1.54) is 0 Å². The summed E-state index contributed by atoms with van der Waals surface area (Å²) in [6.45, 7) is 4.06. The van der Waals surface area contributed by atoms with Crippen molar-refractivity contribution >= 4 is 5.91 Å². The minimum absolute atomic E-state index is 0.146. The number of carbonyl (C=O) groups is 1. The van der Waals surface area contributed by atoms with Crippen molar-refractivity contribution in [1.82, 2.24) is 10.2 Å². The zero-order chi connectivity index (χ0) is 13.7. The Morgan fingerprint density at radius 1 is 1.53 bits per heavy atom. The molecule has 2 fully saturated rings. The normalized spacial score (nSPS) is 26.1. The highest BCUT2D eigenvalue weighted by molar-refractivity contribution is 5.85. The van der Waals surface area contributed by atoms with Gasteiger partial charge >= 0.3 is 0 Å². The number of hydrogen-bond acceptors (Lipinski definition) is 4. The quantitative estimate of drug-likeness (QED) is 0.656. The molecule has 1 aliphatic heterocycles. The number of ether oxygens (including phenoxy) is 1. The van der Waals surface area contributed by atoms with Gasteiger partial charge in [-0.3, -0.25) is 4.79 Å². The lowest BCUT2D eigenvalue weighted by Gasteiger charge is -2.29. The van der Waals surface area contributed by atoms with Gasteiger partial charge in [0.15, 0.2) is 0 Å². The monoisotopic (exact) mass is 270 g/mol. The van der Waals surface area contributed by atoms with Crippen molar-refractivity contribution < 1.29 is 14.6 Å². The average molecular weight is 270 g/mol. The van der Waals surface area contributed by atoms with Crippen LogP contribution >= 0.6 is 0 Å². The maximum Gasteiger partial charge on any atom is 0.228 e. The number of rotatable bonds is 7. The fraction of sp³-hybridized carbons (Fsp3) is 0.929. The summed E-state index contributed by atoms with van der Waals surface area (Å²) in [6, 6.07) is 0. The van der Waals surface area contributed by atoms with E-state index in [1.807, 2.05) is 0 Å². The number of carbonyl (C=O) groups excluding carboxylic acids is 1. The van der Waals surface area contributed by atoms with Crippen LogP contribution in [0.4, 0.5) is 0 Å². The number of piperidine rings is 1. The number of hydrogen-bond donors (Lipinski definition) is 2. The molecule has 2 rings (SSSR count). The molecule has 0 spiro atoms. The predicted molar refractivity (Wildman–Crippen MR) is 72.9 cm³/mol. The lowest BCUT2D eigenvalue weighted by atomic mass is 10.1. The molecule has 1 aliphatic carbocycles. The summed E-state index contributed by atoms with van der Waals surface area (Å²) in [5.74, 6) is 0.146. The van der Waals surface area contributed by atoms with E-state index in [9.17, 15) is 9.90 Å². The summed E-state index contributed by atoms with van der Waals surface area (Å²) in [7, 11) is 1.65. The van der Waals surface area contributed by atoms with E-state index in [4.69, 9.17) is 4.74 Å². The molecule has 1 saturated carbocycles. The fourth-order valence-electron chi connectivity index (χ4n) is 2.79. The number of likely N-dealkylation sites (tertiary alicyclic amines) is 1. The van der Waals surface area contributed by atoms with Gasteiger partial charge in [0, 0.05) is 20.2 Å². The summed E-state index contributed by atoms with van der Waals surface area (Å²) in [5, 5.41) is 12.6. The average Bonchev–Trinajstić information content (AvgIpc) is 3.16. The molecular formula is C14H26N2O3. The second-order valence-corrected chi connectivity index (χ2v) is 5.92. The van der Waals surface area contributed by atoms with Gasteiger partial charge in [-0.05, 0) is 45.2 Å². The first kappa shape index (κ1) is 14.8. The number of β-amino-alcohol motifs (C(OH)–C–C–N with tert-alkyl or cyclic N) is 1. The third kappa shape index (κ3) is 4.16. The van der Waals surface area contributed by atoms with Crippen molar-refractivity contribution in [2.45, 2.75) is 38.2 Å². The lowest BCUT2D eigenvalue weighted by Crippen LogP contribution is -2.40. The number of nitrogens with one attached hydrogen (secondary N) is 1. The number of amides is 1. The minimum Gasteiger partial charge on any atom is -0.392 e. The zero-order valence-corrected chi connectivity index (χ0v) is 11.9. The molecule has 0 aromatic rings. The second-order valence-electron chi connectivity index (χ2n) is 5.92. The Balaban J connectivity index is 1.58. The van der Waals surface area contributed by atoms with Gasteiger partial charge in [0.2, 0.25) is 5.91 Å². The molecular weight excluding hydrogens is 244 g/mol. The van der Waals surface area contributed by atoms with E-state index in [1.54, 1.807) is 7.11 Å². The third-order valence-corrected chi connectivity index (χ3v) is 4.17. The lowest BCUT2D eigenvalue weighted by molar-refractivity contribution is -0.128. The third-order valence-electron chi connectivity index (χ3n) is 4.17. The molecule has 1 amide bonds. The zero-order valence-electron chi connectivity index (χ0n) is 11.9. The number of methoxy groups -OCH3 is 1. The van der Waals surface area contributed by atoms with E-state index in [0.29, 0.717) is 6.61 Å². The number of aliphatic hydroxyl groups excluding tert-OH is 1. The van der Waals surface area contributed by atoms with Crippen LogP contribution in [0.1, 0.15) is 32.1 Å². The Morgan fingerprint density at radius 3 is 2.95 bits per heavy atom. The van der Waals surface area contributed by atoms with Crippen molar-refractivity contribution in [3.8, 4) is 0 Å². The molecule has 110 valence electrons. The molecule has 0 aromatic carbocycles. The molecule has 1 heterocycles. The first-order chi connectivity index (χ1) is 9.16. The maximum absolute atomic E-state index is 12.0. The van der Waals surface area contributed by atoms with Crippen molar-refractivity contribution in [1.29, 1.82) is 0 Å². The van der Waals surface area contributed by atoms with Gasteiger partial charge in [0.1, 0.15) is 0 Å². The predicted octanol–water partition coefficient (Wildman–Crippen LogP) is 0.376. The van der Waals surface area contributed by atoms with Crippen LogP contribution in [0.15, 0.2) is 0 Å². The summed E-state index contributed by atoms with van der Waals surface area (Å²) in [4.78, 5) is 14.3. The van der Waals surface area contributed by atoms with E-state index in [-0.39, 0.29) is 17.4 Å². The second kappa shape index (κ2) is 6.68. The van der Waals surface area contributed by atoms with E-state index in [0.717, 1.165) is 58.3 Å². The van der Waals surface area contributed by atoms with Gasteiger partial charge in [0.25, 0.3) is 0 Å². The van der Waals surface area contributed by atoms with Gasteiger partial charge in [-0.1, -0.05) is 0 Å². The maximum atomic E-state index is 12.0. The molecule has 19 heavy (non-hydrogen) atoms. The molecule has 5 heteroatoms. The summed E-state index contributed by atoms with van der Waals surface area (Å²) in [6.07, 6.45) is 4.68. The molecule has 2 aliphatic rings. The molecule has 0 radical (unpaired) electrons. The number of nitrogens with zero attached hydrogens (tertiary/aromatic N) is 1. The molecule has 1 saturated heterocycles. The van der Waals surface area contributed by atoms with Crippen molar-refractivity contribution in [3.63, 3.8) is 0 Å². The van der Waals surface area contributed by atoms with Crippen LogP contribution in [-0.4, -0.2) is 61.9 Å². The Labute approximate surface area is 115 Å². The molecule has 0 aromatic heterocycles. The molecule has 5 nitrogen and oxygen atoms in total. The minimum atomic E-state index is -0.226. The smallest absolute Gasteiger partial charge is 0.228 e. The van der Waals surface area contributed by atoms with Crippen molar-refractivity contribution in [2.24, 2.45) is 5.41 Å². The highest BCUT2D eigenvalue weighted by Gasteiger charge is 2.49. The van der Waals surface area contributed by atoms with Crippen LogP contribution in [0, 0.1) is 5.41 Å². The number of aliphatic hydroxyl groups is 1. The molecule has 1 unspecified atom stereocenters. The van der Waals surface area contributed by atoms with Crippen LogP contribution < -0.4 is 5.32 Å². The van der Waals surface area contributed by atoms with E-state index in [2.05, 4.69) is 10.2 Å². The van der Waals surface area contributed by atoms with Crippen LogP contribution in [0.2, 0.25) is 0 Å². The Kier molecular flexibility index (Phi) is 5.19. The Bertz CT molecular complexity index is 305. The largest absolute Gasteiger partial charge is 0.392 e. The Morgan fingerprint density at radius 2 is 2.32 bits per heavy atom. The first-order valence-corrected chi connectivity index (χ1v) is 7.34. The van der Waals surface area contributed by atoms with Crippen LogP contribution in [-0.2, 0) is 9.53 Å². The van der Waals surface area contributed by atoms with Gasteiger partial charge in [0.05, 0.1) is 18.1 Å². The Hall–Kier alpha value is -0.650. The van der Waals surface area contributed by atoms with E-state index < -0.39 is 0 Å². The standard InChI is InChI=1S/C14H26N2O3/c1-19-11-14(5-6-14)13(18)15-7-3-9-16-8-2-4-12(17)10-16/h12,17H,2-11H2,1H3,(H,15,18). The fourth-order valence-corrected chi connectivity index (χ4v) is 2.79. The van der Waals surface area contributed by atoms with Gasteiger partial charge in [-0.15, -0.1) is 0 Å². The highest BCUT2D eigenvalue weighted by atomic mass is 16.5. The van der Waals surface area contributed by atoms with Gasteiger partial charge in [-0.2, -0.15) is 0 Å². The summed E-state index contributed by atoms with van der Waals surface area (Å²) >= 11 is 0. The van der Waals surface area contributed by atoms with Crippen LogP contribution in [0.5, 0.6) is 0 Å². The van der Waals surface area contributed by atoms with Crippen LogP contribution in [0.25, 0.3) is 0 Å². The van der Waals surface area contributed by atoms with Crippen LogP contribution in [0.3, 0.4) is 0 Å². The van der Waals surface area contributed by atoms with E-state index >= 15 is 0 Å². The SMILES string of the molecule is COCC1(C(=O)NCCCN2CCCC(O)C2)CC1. The van der Waals surface area contributed by atoms with Gasteiger partial charge in [-0.25, -0.2) is 0 Å².